The lowest BCUT2D eigenvalue weighted by Crippen LogP contribution is -2.56. The number of benzene rings is 2. The second kappa shape index (κ2) is 7.55. The molecule has 188 valence electrons. The molecule has 1 saturated heterocycles. The van der Waals surface area contributed by atoms with Gasteiger partial charge in [-0.2, -0.15) is 0 Å². The molecule has 2 amide bonds. The van der Waals surface area contributed by atoms with Gasteiger partial charge in [0.1, 0.15) is 30.1 Å². The summed E-state index contributed by atoms with van der Waals surface area (Å²) < 4.78 is 7.38. The Morgan fingerprint density at radius 3 is 2.38 bits per heavy atom. The van der Waals surface area contributed by atoms with Crippen LogP contribution in [0.2, 0.25) is 0 Å². The van der Waals surface area contributed by atoms with E-state index in [4.69, 9.17) is 4.74 Å². The Kier molecular flexibility index (Phi) is 4.55. The molecule has 3 aromatic heterocycles. The van der Waals surface area contributed by atoms with Crippen LogP contribution in [0.3, 0.4) is 0 Å². The van der Waals surface area contributed by atoms with Crippen LogP contribution in [0.15, 0.2) is 42.6 Å². The number of aliphatic hydroxyl groups excluding tert-OH is 4. The van der Waals surface area contributed by atoms with E-state index >= 15 is 0 Å². The van der Waals surface area contributed by atoms with Crippen molar-refractivity contribution in [3.8, 4) is 0 Å². The van der Waals surface area contributed by atoms with Gasteiger partial charge in [0.05, 0.1) is 28.8 Å². The van der Waals surface area contributed by atoms with Crippen LogP contribution in [-0.2, 0) is 4.74 Å². The number of rotatable bonds is 2. The number of ether oxygens (including phenoxy) is 1. The number of fused-ring (bicyclic) bond motifs is 10. The molecule has 2 aromatic carbocycles. The van der Waals surface area contributed by atoms with Gasteiger partial charge >= 0.3 is 0 Å². The fourth-order valence-corrected chi connectivity index (χ4v) is 5.74. The van der Waals surface area contributed by atoms with Crippen molar-refractivity contribution in [3.05, 3.63) is 53.7 Å². The third-order valence-electron chi connectivity index (χ3n) is 7.39. The molecule has 1 fully saturated rings. The Hall–Kier alpha value is -3.91. The number of hydrogen-bond donors (Lipinski definition) is 6. The average molecular weight is 504 g/mol. The zero-order valence-electron chi connectivity index (χ0n) is 18.9. The van der Waals surface area contributed by atoms with Gasteiger partial charge in [-0.3, -0.25) is 19.4 Å². The van der Waals surface area contributed by atoms with Gasteiger partial charge in [0, 0.05) is 33.3 Å². The van der Waals surface area contributed by atoms with Crippen molar-refractivity contribution in [1.82, 2.24) is 19.6 Å². The number of imide groups is 1. The number of hydrogen-bond acceptors (Lipinski definition) is 9. The van der Waals surface area contributed by atoms with Crippen LogP contribution in [0.25, 0.3) is 43.7 Å². The van der Waals surface area contributed by atoms with Crippen LogP contribution in [0, 0.1) is 0 Å². The predicted octanol–water partition coefficient (Wildman–Crippen LogP) is 0.782. The van der Waals surface area contributed by atoms with Crippen molar-refractivity contribution >= 4 is 55.6 Å². The maximum absolute atomic E-state index is 13.2. The molecule has 0 saturated carbocycles. The highest BCUT2D eigenvalue weighted by Crippen LogP contribution is 2.46. The summed E-state index contributed by atoms with van der Waals surface area (Å²) in [5.41, 5.74) is 1.67. The highest BCUT2D eigenvalue weighted by Gasteiger charge is 2.47. The molecule has 5 atom stereocenters. The molecule has 37 heavy (non-hydrogen) atoms. The van der Waals surface area contributed by atoms with Gasteiger partial charge in [0.2, 0.25) is 0 Å². The topological polar surface area (TPSA) is 181 Å². The molecule has 5 heterocycles. The molecule has 7 rings (SSSR count). The first-order valence-corrected chi connectivity index (χ1v) is 11.6. The second-order valence-electron chi connectivity index (χ2n) is 9.28. The number of aliphatic hydroxyl groups is 4. The largest absolute Gasteiger partial charge is 0.394 e. The van der Waals surface area contributed by atoms with Crippen molar-refractivity contribution in [3.63, 3.8) is 0 Å². The van der Waals surface area contributed by atoms with Crippen molar-refractivity contribution in [2.45, 2.75) is 30.6 Å². The smallest absolute Gasteiger partial charge is 0.286 e. The fourth-order valence-electron chi connectivity index (χ4n) is 5.74. The Labute approximate surface area is 206 Å². The summed E-state index contributed by atoms with van der Waals surface area (Å²) in [4.78, 5) is 34.1. The monoisotopic (exact) mass is 504 g/mol. The maximum Gasteiger partial charge on any atom is 0.286 e. The van der Waals surface area contributed by atoms with Gasteiger partial charge < -0.3 is 30.1 Å². The first-order chi connectivity index (χ1) is 17.8. The van der Waals surface area contributed by atoms with E-state index in [2.05, 4.69) is 9.97 Å². The summed E-state index contributed by atoms with van der Waals surface area (Å²) in [6.45, 7) is -0.629. The zero-order valence-corrected chi connectivity index (χ0v) is 18.9. The number of H-pyrrole nitrogens is 1. The van der Waals surface area contributed by atoms with Gasteiger partial charge in [-0.25, -0.2) is 4.98 Å². The van der Waals surface area contributed by atoms with Crippen molar-refractivity contribution in [1.29, 1.82) is 0 Å². The van der Waals surface area contributed by atoms with E-state index in [0.29, 0.717) is 38.1 Å². The van der Waals surface area contributed by atoms with E-state index in [-0.39, 0.29) is 21.8 Å². The normalized spacial score (nSPS) is 26.3. The Bertz CT molecular complexity index is 1790. The van der Waals surface area contributed by atoms with Crippen LogP contribution in [-0.4, -0.2) is 88.1 Å². The number of hydroxylamine groups is 2. The second-order valence-corrected chi connectivity index (χ2v) is 9.28. The highest BCUT2D eigenvalue weighted by atomic mass is 16.6. The molecule has 0 unspecified atom stereocenters. The van der Waals surface area contributed by atoms with E-state index in [1.807, 2.05) is 0 Å². The molecular formula is C25H20N4O8. The average Bonchev–Trinajstić information content (AvgIpc) is 3.53. The van der Waals surface area contributed by atoms with Crippen molar-refractivity contribution in [2.24, 2.45) is 0 Å². The van der Waals surface area contributed by atoms with E-state index in [9.17, 15) is 35.2 Å². The molecule has 2 aliphatic rings. The van der Waals surface area contributed by atoms with E-state index in [1.54, 1.807) is 36.4 Å². The van der Waals surface area contributed by atoms with Gasteiger partial charge in [-0.1, -0.05) is 18.2 Å². The van der Waals surface area contributed by atoms with Crippen LogP contribution in [0.4, 0.5) is 0 Å². The minimum atomic E-state index is -1.66. The van der Waals surface area contributed by atoms with Crippen molar-refractivity contribution in [2.75, 3.05) is 6.61 Å². The molecule has 12 heteroatoms. The Morgan fingerprint density at radius 1 is 0.919 bits per heavy atom. The fraction of sp³-hybridized carbons (Fsp3) is 0.240. The summed E-state index contributed by atoms with van der Waals surface area (Å²) >= 11 is 0. The summed E-state index contributed by atoms with van der Waals surface area (Å²) in [6.07, 6.45) is -5.90. The first kappa shape index (κ1) is 22.3. The van der Waals surface area contributed by atoms with E-state index in [1.165, 1.54) is 10.8 Å². The Morgan fingerprint density at radius 2 is 1.62 bits per heavy atom. The number of aromatic amines is 1. The molecular weight excluding hydrogens is 484 g/mol. The lowest BCUT2D eigenvalue weighted by molar-refractivity contribution is -0.249. The molecule has 0 bridgehead atoms. The number of nitrogens with zero attached hydrogens (tertiary/aromatic N) is 3. The number of pyridine rings is 1. The highest BCUT2D eigenvalue weighted by molar-refractivity contribution is 6.38. The molecule has 6 N–H and O–H groups in total. The molecule has 0 spiro atoms. The standard InChI is InChI=1S/C25H20N4O8/c30-8-12-19(31)20(32)21(33)25(37-12)28-18-14(10-5-3-7-26-22(10)28)16-15(23(34)29(36)24(16)35)13-9-4-1-2-6-11(9)27-17(13)18/h1-7,12,19-21,25,27,30-33,36H,8H2/t12-,19-,20+,21-,25-/m1/s1. The third-order valence-corrected chi connectivity index (χ3v) is 7.39. The summed E-state index contributed by atoms with van der Waals surface area (Å²) in [5.74, 6) is -1.77. The number of amides is 2. The maximum atomic E-state index is 13.2. The number of carbonyl (C=O) groups excluding carboxylic acids is 2. The van der Waals surface area contributed by atoms with Crippen molar-refractivity contribution < 1.29 is 40.0 Å². The molecule has 12 nitrogen and oxygen atoms in total. The molecule has 5 aromatic rings. The minimum absolute atomic E-state index is 0.0268. The van der Waals surface area contributed by atoms with E-state index < -0.39 is 49.1 Å². The number of carbonyl (C=O) groups is 2. The third kappa shape index (κ3) is 2.68. The summed E-state index contributed by atoms with van der Waals surface area (Å²) in [6, 6.07) is 10.5. The first-order valence-electron chi connectivity index (χ1n) is 11.6. The van der Waals surface area contributed by atoms with E-state index in [0.717, 1.165) is 0 Å². The number of nitrogens with one attached hydrogen (secondary N) is 1. The lowest BCUT2D eigenvalue weighted by Gasteiger charge is -2.40. The minimum Gasteiger partial charge on any atom is -0.394 e. The predicted molar refractivity (Wildman–Crippen MR) is 128 cm³/mol. The van der Waals surface area contributed by atoms with Crippen LogP contribution < -0.4 is 0 Å². The zero-order chi connectivity index (χ0) is 25.7. The molecule has 0 aliphatic carbocycles. The van der Waals surface area contributed by atoms with Crippen LogP contribution in [0.1, 0.15) is 26.9 Å². The van der Waals surface area contributed by atoms with Gasteiger partial charge in [-0.05, 0) is 18.2 Å². The SMILES string of the molecule is O=C1c2c(c3c4cccnc4n([C@@H]4O[C@H](CO)[C@@H](O)[C@H](O)[C@H]4O)c3c3[nH]c4ccccc4c23)C(=O)N1O. The van der Waals surface area contributed by atoms with Gasteiger partial charge in [-0.15, -0.1) is 5.06 Å². The number of aromatic nitrogens is 3. The lowest BCUT2D eigenvalue weighted by atomic mass is 9.96. The van der Waals surface area contributed by atoms with Crippen LogP contribution >= 0.6 is 0 Å². The Balaban J connectivity index is 1.71. The van der Waals surface area contributed by atoms with Gasteiger partial charge in [0.15, 0.2) is 6.23 Å². The summed E-state index contributed by atoms with van der Waals surface area (Å²) in [5, 5.41) is 53.9. The molecule has 2 aliphatic heterocycles. The number of para-hydroxylation sites is 1. The van der Waals surface area contributed by atoms with Gasteiger partial charge in [0.25, 0.3) is 11.8 Å². The quantitative estimate of drug-likeness (QED) is 0.150. The summed E-state index contributed by atoms with van der Waals surface area (Å²) in [7, 11) is 0. The molecule has 0 radical (unpaired) electrons. The van der Waals surface area contributed by atoms with Crippen LogP contribution in [0.5, 0.6) is 0 Å².